The van der Waals surface area contributed by atoms with Crippen molar-refractivity contribution in [2.45, 2.75) is 52.4 Å². The smallest absolute Gasteiger partial charge is 0.166 e. The molecule has 3 rings (SSSR count). The van der Waals surface area contributed by atoms with Crippen LogP contribution in [0.3, 0.4) is 0 Å². The van der Waals surface area contributed by atoms with Gasteiger partial charge < -0.3 is 0 Å². The molecule has 0 nitrogen and oxygen atoms in total. The molecule has 3 aromatic carbocycles. The highest BCUT2D eigenvalue weighted by Gasteiger charge is 2.11. The standard InChI is InChI=1S/C28H30F2/c1-3-4-5-6-7-8-22-11-15-23(16-12-22)24-17-19-26(20-18-24)28(30)27(29)25-13-9-21(2)10-14-25/h9-20H,3-8H2,1-2H3/b28-27+. The van der Waals surface area contributed by atoms with Gasteiger partial charge in [-0.15, -0.1) is 0 Å². The van der Waals surface area contributed by atoms with E-state index in [-0.39, 0.29) is 11.1 Å². The van der Waals surface area contributed by atoms with E-state index < -0.39 is 11.7 Å². The molecule has 0 aromatic heterocycles. The molecule has 0 aliphatic rings. The number of hydrogen-bond donors (Lipinski definition) is 0. The first-order valence-corrected chi connectivity index (χ1v) is 10.9. The minimum Gasteiger partial charge on any atom is -0.203 e. The van der Waals surface area contributed by atoms with Crippen LogP contribution >= 0.6 is 0 Å². The van der Waals surface area contributed by atoms with Gasteiger partial charge in [-0.3, -0.25) is 0 Å². The van der Waals surface area contributed by atoms with Gasteiger partial charge >= 0.3 is 0 Å². The van der Waals surface area contributed by atoms with Gasteiger partial charge in [0.15, 0.2) is 11.7 Å². The van der Waals surface area contributed by atoms with Crippen molar-refractivity contribution in [2.75, 3.05) is 0 Å². The summed E-state index contributed by atoms with van der Waals surface area (Å²) in [6.45, 7) is 4.15. The first-order chi connectivity index (χ1) is 14.6. The van der Waals surface area contributed by atoms with E-state index in [2.05, 4.69) is 31.2 Å². The molecule has 0 heterocycles. The summed E-state index contributed by atoms with van der Waals surface area (Å²) >= 11 is 0. The summed E-state index contributed by atoms with van der Waals surface area (Å²) in [4.78, 5) is 0. The Morgan fingerprint density at radius 1 is 0.600 bits per heavy atom. The van der Waals surface area contributed by atoms with E-state index in [0.29, 0.717) is 0 Å². The Bertz CT molecular complexity index is 949. The van der Waals surface area contributed by atoms with E-state index >= 15 is 0 Å². The Morgan fingerprint density at radius 3 is 1.60 bits per heavy atom. The average molecular weight is 405 g/mol. The van der Waals surface area contributed by atoms with Crippen LogP contribution in [-0.2, 0) is 6.42 Å². The SMILES string of the molecule is CCCCCCCc1ccc(-c2ccc(/C(F)=C(\F)c3ccc(C)cc3)cc2)cc1. The van der Waals surface area contributed by atoms with Gasteiger partial charge in [-0.05, 0) is 36.5 Å². The van der Waals surface area contributed by atoms with Crippen LogP contribution < -0.4 is 0 Å². The molecule has 0 N–H and O–H groups in total. The fourth-order valence-corrected chi connectivity index (χ4v) is 3.56. The third-order valence-corrected chi connectivity index (χ3v) is 5.49. The first-order valence-electron chi connectivity index (χ1n) is 10.9. The molecule has 0 amide bonds. The van der Waals surface area contributed by atoms with E-state index in [9.17, 15) is 8.78 Å². The second-order valence-corrected chi connectivity index (χ2v) is 7.93. The van der Waals surface area contributed by atoms with Crippen molar-refractivity contribution in [1.82, 2.24) is 0 Å². The molecule has 2 heteroatoms. The zero-order valence-corrected chi connectivity index (χ0v) is 17.9. The summed E-state index contributed by atoms with van der Waals surface area (Å²) in [6, 6.07) is 22.3. The number of halogens is 2. The van der Waals surface area contributed by atoms with E-state index in [1.165, 1.54) is 37.7 Å². The first kappa shape index (κ1) is 22.0. The Hall–Kier alpha value is -2.74. The molecule has 0 spiro atoms. The molecule has 0 aliphatic heterocycles. The minimum absolute atomic E-state index is 0.250. The largest absolute Gasteiger partial charge is 0.203 e. The summed E-state index contributed by atoms with van der Waals surface area (Å²) in [6.07, 6.45) is 7.53. The summed E-state index contributed by atoms with van der Waals surface area (Å²) in [7, 11) is 0. The molecule has 0 saturated carbocycles. The molecule has 0 radical (unpaired) electrons. The van der Waals surface area contributed by atoms with Crippen LogP contribution in [0, 0.1) is 6.92 Å². The molecule has 30 heavy (non-hydrogen) atoms. The molecule has 0 bridgehead atoms. The number of benzene rings is 3. The quantitative estimate of drug-likeness (QED) is 0.247. The second-order valence-electron chi connectivity index (χ2n) is 7.93. The monoisotopic (exact) mass is 404 g/mol. The molecule has 0 atom stereocenters. The lowest BCUT2D eigenvalue weighted by Crippen LogP contribution is -1.88. The lowest BCUT2D eigenvalue weighted by molar-refractivity contribution is 0.632. The van der Waals surface area contributed by atoms with Gasteiger partial charge in [0.25, 0.3) is 0 Å². The van der Waals surface area contributed by atoms with E-state index in [4.69, 9.17) is 0 Å². The highest BCUT2D eigenvalue weighted by Crippen LogP contribution is 2.30. The van der Waals surface area contributed by atoms with Crippen molar-refractivity contribution in [3.05, 3.63) is 95.1 Å². The van der Waals surface area contributed by atoms with Gasteiger partial charge in [-0.2, -0.15) is 0 Å². The van der Waals surface area contributed by atoms with Gasteiger partial charge in [0.2, 0.25) is 0 Å². The van der Waals surface area contributed by atoms with Crippen LogP contribution in [0.2, 0.25) is 0 Å². The van der Waals surface area contributed by atoms with Crippen LogP contribution in [-0.4, -0.2) is 0 Å². The molecule has 0 saturated heterocycles. The van der Waals surface area contributed by atoms with E-state index in [0.717, 1.165) is 23.1 Å². The van der Waals surface area contributed by atoms with Crippen molar-refractivity contribution in [3.8, 4) is 11.1 Å². The van der Waals surface area contributed by atoms with Gasteiger partial charge in [-0.25, -0.2) is 8.78 Å². The van der Waals surface area contributed by atoms with Crippen LogP contribution in [0.4, 0.5) is 8.78 Å². The van der Waals surface area contributed by atoms with E-state index in [1.807, 2.05) is 19.1 Å². The van der Waals surface area contributed by atoms with Gasteiger partial charge in [0.05, 0.1) is 0 Å². The van der Waals surface area contributed by atoms with Crippen molar-refractivity contribution < 1.29 is 8.78 Å². The molecule has 0 fully saturated rings. The van der Waals surface area contributed by atoms with E-state index in [1.54, 1.807) is 36.4 Å². The predicted molar refractivity (Wildman–Crippen MR) is 125 cm³/mol. The third kappa shape index (κ3) is 5.89. The van der Waals surface area contributed by atoms with Crippen molar-refractivity contribution >= 4 is 11.7 Å². The molecule has 156 valence electrons. The topological polar surface area (TPSA) is 0 Å². The van der Waals surface area contributed by atoms with Crippen molar-refractivity contribution in [2.24, 2.45) is 0 Å². The zero-order valence-electron chi connectivity index (χ0n) is 17.9. The number of hydrogen-bond acceptors (Lipinski definition) is 0. The van der Waals surface area contributed by atoms with Crippen LogP contribution in [0.15, 0.2) is 72.8 Å². The van der Waals surface area contributed by atoms with Crippen LogP contribution in [0.5, 0.6) is 0 Å². The Balaban J connectivity index is 1.66. The Labute approximate surface area is 179 Å². The van der Waals surface area contributed by atoms with Crippen LogP contribution in [0.1, 0.15) is 61.3 Å². The van der Waals surface area contributed by atoms with Crippen molar-refractivity contribution in [1.29, 1.82) is 0 Å². The molecule has 3 aromatic rings. The maximum Gasteiger partial charge on any atom is 0.166 e. The van der Waals surface area contributed by atoms with Gasteiger partial charge in [-0.1, -0.05) is 111 Å². The summed E-state index contributed by atoms with van der Waals surface area (Å²) in [5, 5.41) is 0. The number of aryl methyl sites for hydroxylation is 2. The number of unbranched alkanes of at least 4 members (excludes halogenated alkanes) is 4. The maximum absolute atomic E-state index is 14.6. The fraction of sp³-hybridized carbons (Fsp3) is 0.286. The number of rotatable bonds is 9. The fourth-order valence-electron chi connectivity index (χ4n) is 3.56. The lowest BCUT2D eigenvalue weighted by Gasteiger charge is -2.07. The zero-order chi connectivity index (χ0) is 21.3. The average Bonchev–Trinajstić information content (AvgIpc) is 2.79. The summed E-state index contributed by atoms with van der Waals surface area (Å²) in [5.74, 6) is -1.66. The maximum atomic E-state index is 14.6. The minimum atomic E-state index is -0.830. The Morgan fingerprint density at radius 2 is 1.07 bits per heavy atom. The highest BCUT2D eigenvalue weighted by atomic mass is 19.2. The van der Waals surface area contributed by atoms with Gasteiger partial charge in [0.1, 0.15) is 0 Å². The van der Waals surface area contributed by atoms with Gasteiger partial charge in [0, 0.05) is 11.1 Å². The van der Waals surface area contributed by atoms with Crippen LogP contribution in [0.25, 0.3) is 22.8 Å². The predicted octanol–water partition coefficient (Wildman–Crippen LogP) is 8.94. The second kappa shape index (κ2) is 10.9. The molecule has 0 aliphatic carbocycles. The Kier molecular flexibility index (Phi) is 7.96. The summed E-state index contributed by atoms with van der Waals surface area (Å²) in [5.41, 5.74) is 4.95. The normalized spacial score (nSPS) is 12.0. The lowest BCUT2D eigenvalue weighted by atomic mass is 9.99. The molecular formula is C28H30F2. The third-order valence-electron chi connectivity index (χ3n) is 5.49. The molecular weight excluding hydrogens is 374 g/mol. The van der Waals surface area contributed by atoms with Crippen molar-refractivity contribution in [3.63, 3.8) is 0 Å². The molecule has 0 unspecified atom stereocenters. The highest BCUT2D eigenvalue weighted by molar-refractivity contribution is 5.83. The summed E-state index contributed by atoms with van der Waals surface area (Å²) < 4.78 is 29.1.